The number of hydrogen-bond donors (Lipinski definition) is 1. The number of amides is 1. The molecule has 0 saturated carbocycles. The Bertz CT molecular complexity index is 822. The van der Waals surface area contributed by atoms with Crippen molar-refractivity contribution in [3.63, 3.8) is 0 Å². The summed E-state index contributed by atoms with van der Waals surface area (Å²) < 4.78 is 10.8. The Hall–Kier alpha value is -3.02. The molecule has 2 heterocycles. The number of ketones is 1. The number of carbonyl (C=O) groups excluding carboxylic acids is 2. The van der Waals surface area contributed by atoms with Crippen molar-refractivity contribution in [1.82, 2.24) is 4.90 Å². The number of benzene rings is 1. The first-order valence-electron chi connectivity index (χ1n) is 8.05. The molecule has 1 unspecified atom stereocenters. The summed E-state index contributed by atoms with van der Waals surface area (Å²) in [5.74, 6) is -0.928. The number of hydrogen-bond acceptors (Lipinski definition) is 5. The normalized spacial score (nSPS) is 17.3. The average Bonchev–Trinajstić information content (AvgIpc) is 3.23. The number of ether oxygens (including phenoxy) is 1. The van der Waals surface area contributed by atoms with Crippen LogP contribution >= 0.6 is 0 Å². The Morgan fingerprint density at radius 3 is 2.80 bits per heavy atom. The highest BCUT2D eigenvalue weighted by atomic mass is 16.5. The number of aliphatic hydroxyl groups is 1. The molecule has 0 saturated heterocycles. The van der Waals surface area contributed by atoms with E-state index in [1.54, 1.807) is 31.3 Å². The van der Waals surface area contributed by atoms with E-state index in [9.17, 15) is 14.7 Å². The van der Waals surface area contributed by atoms with Gasteiger partial charge in [-0.15, -0.1) is 0 Å². The predicted molar refractivity (Wildman–Crippen MR) is 90.4 cm³/mol. The number of likely N-dealkylation sites (N-methyl/N-ethyl adjacent to an activating group) is 1. The maximum Gasteiger partial charge on any atom is 0.289 e. The van der Waals surface area contributed by atoms with Crippen LogP contribution in [0.3, 0.4) is 0 Å². The number of Topliss-reactive ketones (excluding diaryl/α,β-unsaturated/α-hetero) is 1. The van der Waals surface area contributed by atoms with Gasteiger partial charge in [-0.05, 0) is 36.2 Å². The zero-order chi connectivity index (χ0) is 18.0. The Kier molecular flexibility index (Phi) is 4.61. The lowest BCUT2D eigenvalue weighted by Crippen LogP contribution is -2.26. The van der Waals surface area contributed by atoms with Crippen LogP contribution in [0.2, 0.25) is 0 Å². The summed E-state index contributed by atoms with van der Waals surface area (Å²) in [6.45, 7) is 2.58. The van der Waals surface area contributed by atoms with E-state index in [1.807, 2.05) is 13.0 Å². The number of furan rings is 1. The molecule has 0 spiro atoms. The molecule has 0 aliphatic carbocycles. The minimum atomic E-state index is -0.699. The van der Waals surface area contributed by atoms with Crippen molar-refractivity contribution in [3.05, 3.63) is 65.3 Å². The topological polar surface area (TPSA) is 80.0 Å². The summed E-state index contributed by atoms with van der Waals surface area (Å²) in [6, 6.07) is 9.56. The molecule has 1 N–H and O–H groups in total. The SMILES string of the molecule is CCCOc1cccc(C2C(C(=O)c3ccco3)=C(O)C(=O)N2C)c1. The maximum absolute atomic E-state index is 12.7. The molecule has 1 atom stereocenters. The molecule has 1 aliphatic heterocycles. The van der Waals surface area contributed by atoms with Crippen molar-refractivity contribution >= 4 is 11.7 Å². The largest absolute Gasteiger partial charge is 0.503 e. The molecule has 0 fully saturated rings. The summed E-state index contributed by atoms with van der Waals surface area (Å²) in [6.07, 6.45) is 2.24. The predicted octanol–water partition coefficient (Wildman–Crippen LogP) is 3.28. The van der Waals surface area contributed by atoms with Crippen LogP contribution in [0.25, 0.3) is 0 Å². The summed E-state index contributed by atoms with van der Waals surface area (Å²) in [5, 5.41) is 10.2. The van der Waals surface area contributed by atoms with Crippen LogP contribution in [0.15, 0.2) is 58.4 Å². The van der Waals surface area contributed by atoms with E-state index >= 15 is 0 Å². The van der Waals surface area contributed by atoms with E-state index in [-0.39, 0.29) is 11.3 Å². The van der Waals surface area contributed by atoms with Crippen LogP contribution in [0, 0.1) is 0 Å². The van der Waals surface area contributed by atoms with Crippen LogP contribution in [-0.2, 0) is 4.79 Å². The van der Waals surface area contributed by atoms with E-state index in [0.717, 1.165) is 6.42 Å². The van der Waals surface area contributed by atoms with Crippen molar-refractivity contribution in [2.75, 3.05) is 13.7 Å². The van der Waals surface area contributed by atoms with Crippen LogP contribution in [-0.4, -0.2) is 35.4 Å². The Morgan fingerprint density at radius 1 is 1.32 bits per heavy atom. The van der Waals surface area contributed by atoms with E-state index in [1.165, 1.54) is 17.2 Å². The van der Waals surface area contributed by atoms with Gasteiger partial charge in [-0.1, -0.05) is 19.1 Å². The average molecular weight is 341 g/mol. The molecule has 25 heavy (non-hydrogen) atoms. The van der Waals surface area contributed by atoms with Crippen LogP contribution in [0.1, 0.15) is 35.5 Å². The highest BCUT2D eigenvalue weighted by Gasteiger charge is 2.42. The molecule has 6 heteroatoms. The summed E-state index contributed by atoms with van der Waals surface area (Å²) >= 11 is 0. The van der Waals surface area contributed by atoms with Crippen molar-refractivity contribution in [2.45, 2.75) is 19.4 Å². The summed E-state index contributed by atoms with van der Waals surface area (Å²) in [7, 11) is 1.55. The van der Waals surface area contributed by atoms with E-state index in [4.69, 9.17) is 9.15 Å². The van der Waals surface area contributed by atoms with E-state index in [2.05, 4.69) is 0 Å². The van der Waals surface area contributed by atoms with Gasteiger partial charge in [0.15, 0.2) is 11.5 Å². The molecule has 0 bridgehead atoms. The monoisotopic (exact) mass is 341 g/mol. The van der Waals surface area contributed by atoms with Crippen LogP contribution < -0.4 is 4.74 Å². The molecule has 0 radical (unpaired) electrons. The molecule has 3 rings (SSSR count). The standard InChI is InChI=1S/C19H19NO5/c1-3-9-24-13-7-4-6-12(11-13)16-15(18(22)19(23)20(16)2)17(21)14-8-5-10-25-14/h4-8,10-11,16,22H,3,9H2,1-2H3. The first-order valence-corrected chi connectivity index (χ1v) is 8.05. The van der Waals surface area contributed by atoms with E-state index < -0.39 is 23.5 Å². The molecule has 130 valence electrons. The van der Waals surface area contributed by atoms with Gasteiger partial charge in [-0.2, -0.15) is 0 Å². The second-order valence-corrected chi connectivity index (χ2v) is 5.81. The third-order valence-corrected chi connectivity index (χ3v) is 4.08. The molecular weight excluding hydrogens is 322 g/mol. The number of aliphatic hydroxyl groups excluding tert-OH is 1. The second-order valence-electron chi connectivity index (χ2n) is 5.81. The molecule has 1 aromatic heterocycles. The molecule has 1 aliphatic rings. The lowest BCUT2D eigenvalue weighted by atomic mass is 9.95. The Balaban J connectivity index is 2.01. The molecular formula is C19H19NO5. The van der Waals surface area contributed by atoms with Gasteiger partial charge in [-0.25, -0.2) is 0 Å². The van der Waals surface area contributed by atoms with Crippen LogP contribution in [0.4, 0.5) is 0 Å². The lowest BCUT2D eigenvalue weighted by Gasteiger charge is -2.22. The third-order valence-electron chi connectivity index (χ3n) is 4.08. The van der Waals surface area contributed by atoms with E-state index in [0.29, 0.717) is 17.9 Å². The zero-order valence-corrected chi connectivity index (χ0v) is 14.1. The fourth-order valence-electron chi connectivity index (χ4n) is 2.88. The summed E-state index contributed by atoms with van der Waals surface area (Å²) in [4.78, 5) is 26.3. The van der Waals surface area contributed by atoms with Gasteiger partial charge in [0.1, 0.15) is 5.75 Å². The first kappa shape index (κ1) is 16.8. The van der Waals surface area contributed by atoms with Gasteiger partial charge in [0.05, 0.1) is 24.5 Å². The van der Waals surface area contributed by atoms with Crippen molar-refractivity contribution in [3.8, 4) is 5.75 Å². The number of carbonyl (C=O) groups is 2. The number of rotatable bonds is 6. The smallest absolute Gasteiger partial charge is 0.289 e. The van der Waals surface area contributed by atoms with Gasteiger partial charge in [0.25, 0.3) is 5.91 Å². The fraction of sp³-hybridized carbons (Fsp3) is 0.263. The highest BCUT2D eigenvalue weighted by Crippen LogP contribution is 2.38. The minimum absolute atomic E-state index is 0.00934. The Labute approximate surface area is 145 Å². The minimum Gasteiger partial charge on any atom is -0.503 e. The van der Waals surface area contributed by atoms with Gasteiger partial charge >= 0.3 is 0 Å². The van der Waals surface area contributed by atoms with Crippen molar-refractivity contribution in [2.24, 2.45) is 0 Å². The quantitative estimate of drug-likeness (QED) is 0.816. The van der Waals surface area contributed by atoms with Crippen molar-refractivity contribution in [1.29, 1.82) is 0 Å². The molecule has 1 amide bonds. The highest BCUT2D eigenvalue weighted by molar-refractivity contribution is 6.14. The van der Waals surface area contributed by atoms with Crippen LogP contribution in [0.5, 0.6) is 5.75 Å². The zero-order valence-electron chi connectivity index (χ0n) is 14.1. The molecule has 2 aromatic rings. The molecule has 6 nitrogen and oxygen atoms in total. The molecule has 1 aromatic carbocycles. The lowest BCUT2D eigenvalue weighted by molar-refractivity contribution is -0.128. The van der Waals surface area contributed by atoms with Gasteiger partial charge in [-0.3, -0.25) is 9.59 Å². The maximum atomic E-state index is 12.7. The van der Waals surface area contributed by atoms with Crippen molar-refractivity contribution < 1.29 is 23.8 Å². The fourth-order valence-corrected chi connectivity index (χ4v) is 2.88. The first-order chi connectivity index (χ1) is 12.0. The number of nitrogens with zero attached hydrogens (tertiary/aromatic N) is 1. The second kappa shape index (κ2) is 6.84. The van der Waals surface area contributed by atoms with Gasteiger partial charge < -0.3 is 19.2 Å². The van der Waals surface area contributed by atoms with Gasteiger partial charge in [0.2, 0.25) is 5.78 Å². The van der Waals surface area contributed by atoms with Gasteiger partial charge in [0, 0.05) is 7.05 Å². The summed E-state index contributed by atoms with van der Waals surface area (Å²) in [5.41, 5.74) is 0.693. The Morgan fingerprint density at radius 2 is 2.12 bits per heavy atom. The third kappa shape index (κ3) is 3.03.